The number of aliphatic hydroxyl groups excluding tert-OH is 1. The van der Waals surface area contributed by atoms with E-state index in [2.05, 4.69) is 20.8 Å². The van der Waals surface area contributed by atoms with Gasteiger partial charge in [-0.3, -0.25) is 4.90 Å². The molecule has 2 aliphatic rings. The zero-order chi connectivity index (χ0) is 14.1. The summed E-state index contributed by atoms with van der Waals surface area (Å²) in [5.41, 5.74) is 0.827. The highest BCUT2D eigenvalue weighted by molar-refractivity contribution is 9.10. The number of benzene rings is 1. The van der Waals surface area contributed by atoms with Gasteiger partial charge in [0.15, 0.2) is 11.5 Å². The number of fused-ring (bicyclic) bond motifs is 1. The topological polar surface area (TPSA) is 51.2 Å². The van der Waals surface area contributed by atoms with E-state index in [9.17, 15) is 5.11 Å². The highest BCUT2D eigenvalue weighted by atomic mass is 79.9. The van der Waals surface area contributed by atoms with E-state index in [-0.39, 0.29) is 12.8 Å². The molecule has 0 saturated carbocycles. The van der Waals surface area contributed by atoms with Crippen LogP contribution < -0.4 is 9.47 Å². The Morgan fingerprint density at radius 1 is 1.20 bits per heavy atom. The Morgan fingerprint density at radius 3 is 2.55 bits per heavy atom. The number of rotatable bonds is 3. The minimum Gasteiger partial charge on any atom is -0.454 e. The highest BCUT2D eigenvalue weighted by Crippen LogP contribution is 2.40. The van der Waals surface area contributed by atoms with Crippen molar-refractivity contribution >= 4 is 15.9 Å². The van der Waals surface area contributed by atoms with Crippen molar-refractivity contribution in [3.63, 3.8) is 0 Å². The van der Waals surface area contributed by atoms with Crippen molar-refractivity contribution in [1.29, 1.82) is 0 Å². The molecule has 110 valence electrons. The van der Waals surface area contributed by atoms with Crippen molar-refractivity contribution in [2.75, 3.05) is 33.1 Å². The van der Waals surface area contributed by atoms with Crippen LogP contribution in [0, 0.1) is 0 Å². The fraction of sp³-hybridized carbons (Fsp3) is 0.571. The average molecular weight is 344 g/mol. The van der Waals surface area contributed by atoms with Gasteiger partial charge in [0.2, 0.25) is 6.79 Å². The van der Waals surface area contributed by atoms with Gasteiger partial charge in [-0.05, 0) is 19.1 Å². The molecule has 0 radical (unpaired) electrons. The van der Waals surface area contributed by atoms with E-state index >= 15 is 0 Å². The van der Waals surface area contributed by atoms with Crippen molar-refractivity contribution in [2.45, 2.75) is 19.1 Å². The van der Waals surface area contributed by atoms with Crippen molar-refractivity contribution < 1.29 is 19.3 Å². The number of nitrogens with zero attached hydrogens (tertiary/aromatic N) is 1. The van der Waals surface area contributed by atoms with Gasteiger partial charge in [-0.2, -0.15) is 0 Å². The number of ether oxygens (including phenoxy) is 3. The summed E-state index contributed by atoms with van der Waals surface area (Å²) in [4.78, 5) is 2.24. The molecule has 0 amide bonds. The van der Waals surface area contributed by atoms with Crippen LogP contribution >= 0.6 is 15.9 Å². The van der Waals surface area contributed by atoms with Gasteiger partial charge in [0, 0.05) is 29.2 Å². The van der Waals surface area contributed by atoms with E-state index in [4.69, 9.17) is 14.2 Å². The number of halogens is 1. The van der Waals surface area contributed by atoms with E-state index in [1.807, 2.05) is 19.1 Å². The standard InChI is InChI=1S/C14H18BrNO4/c1-9(16-2-4-18-5-3-16)14(17)10-6-12-13(7-11(10)15)20-8-19-12/h6-7,9,14,17H,2-5,8H2,1H3. The van der Waals surface area contributed by atoms with Crippen LogP contribution in [0.1, 0.15) is 18.6 Å². The summed E-state index contributed by atoms with van der Waals surface area (Å²) >= 11 is 3.50. The van der Waals surface area contributed by atoms with E-state index < -0.39 is 6.10 Å². The number of morpholine rings is 1. The minimum atomic E-state index is -0.586. The second kappa shape index (κ2) is 5.89. The number of hydrogen-bond donors (Lipinski definition) is 1. The molecule has 2 heterocycles. The van der Waals surface area contributed by atoms with Gasteiger partial charge < -0.3 is 19.3 Å². The molecule has 2 unspecified atom stereocenters. The zero-order valence-electron chi connectivity index (χ0n) is 11.3. The molecule has 20 heavy (non-hydrogen) atoms. The van der Waals surface area contributed by atoms with Crippen LogP contribution in [0.5, 0.6) is 11.5 Å². The lowest BCUT2D eigenvalue weighted by Crippen LogP contribution is -2.44. The van der Waals surface area contributed by atoms with Crippen LogP contribution in [0.4, 0.5) is 0 Å². The summed E-state index contributed by atoms with van der Waals surface area (Å²) in [6, 6.07) is 3.73. The molecule has 3 rings (SSSR count). The molecule has 1 saturated heterocycles. The third-order valence-electron chi connectivity index (χ3n) is 3.89. The Morgan fingerprint density at radius 2 is 1.85 bits per heavy atom. The monoisotopic (exact) mass is 343 g/mol. The molecule has 0 bridgehead atoms. The second-order valence-electron chi connectivity index (χ2n) is 5.06. The molecule has 5 nitrogen and oxygen atoms in total. The maximum Gasteiger partial charge on any atom is 0.231 e. The number of aliphatic hydroxyl groups is 1. The van der Waals surface area contributed by atoms with E-state index in [1.165, 1.54) is 0 Å². The van der Waals surface area contributed by atoms with Gasteiger partial charge in [-0.15, -0.1) is 0 Å². The lowest BCUT2D eigenvalue weighted by Gasteiger charge is -2.35. The molecule has 1 N–H and O–H groups in total. The molecule has 0 aromatic heterocycles. The summed E-state index contributed by atoms with van der Waals surface area (Å²) in [7, 11) is 0. The molecule has 0 spiro atoms. The Hall–Kier alpha value is -0.820. The summed E-state index contributed by atoms with van der Waals surface area (Å²) in [5.74, 6) is 1.41. The summed E-state index contributed by atoms with van der Waals surface area (Å²) in [6.07, 6.45) is -0.586. The van der Waals surface area contributed by atoms with Gasteiger partial charge in [-0.1, -0.05) is 15.9 Å². The third kappa shape index (κ3) is 2.65. The third-order valence-corrected chi connectivity index (χ3v) is 4.58. The molecule has 0 aliphatic carbocycles. The van der Waals surface area contributed by atoms with Crippen LogP contribution in [0.2, 0.25) is 0 Å². The largest absolute Gasteiger partial charge is 0.454 e. The molecule has 2 atom stereocenters. The molecule has 1 aromatic carbocycles. The first kappa shape index (κ1) is 14.1. The Bertz CT molecular complexity index is 490. The predicted octanol–water partition coefficient (Wildman–Crippen LogP) is 1.93. The lowest BCUT2D eigenvalue weighted by molar-refractivity contribution is -0.0168. The van der Waals surface area contributed by atoms with E-state index in [1.54, 1.807) is 0 Å². The molecule has 1 aromatic rings. The van der Waals surface area contributed by atoms with E-state index in [0.717, 1.165) is 36.3 Å². The molecular weight excluding hydrogens is 326 g/mol. The van der Waals surface area contributed by atoms with Crippen LogP contribution in [0.15, 0.2) is 16.6 Å². The number of hydrogen-bond acceptors (Lipinski definition) is 5. The van der Waals surface area contributed by atoms with Gasteiger partial charge in [0.05, 0.1) is 19.3 Å². The van der Waals surface area contributed by atoms with Gasteiger partial charge in [0.25, 0.3) is 0 Å². The Labute approximate surface area is 126 Å². The maximum atomic E-state index is 10.6. The SMILES string of the molecule is CC(C(O)c1cc2c(cc1Br)OCO2)N1CCOCC1. The molecule has 2 aliphatic heterocycles. The van der Waals surface area contributed by atoms with E-state index in [0.29, 0.717) is 11.5 Å². The molecule has 6 heteroatoms. The fourth-order valence-corrected chi connectivity index (χ4v) is 3.16. The van der Waals surface area contributed by atoms with Crippen LogP contribution in [-0.2, 0) is 4.74 Å². The van der Waals surface area contributed by atoms with Crippen LogP contribution in [-0.4, -0.2) is 49.1 Å². The van der Waals surface area contributed by atoms with Crippen molar-refractivity contribution in [1.82, 2.24) is 4.90 Å². The molecule has 1 fully saturated rings. The lowest BCUT2D eigenvalue weighted by atomic mass is 10.0. The first-order chi connectivity index (χ1) is 9.66. The summed E-state index contributed by atoms with van der Waals surface area (Å²) < 4.78 is 16.9. The van der Waals surface area contributed by atoms with Gasteiger partial charge in [-0.25, -0.2) is 0 Å². The first-order valence-corrected chi connectivity index (χ1v) is 7.55. The first-order valence-electron chi connectivity index (χ1n) is 6.75. The fourth-order valence-electron chi connectivity index (χ4n) is 2.60. The quantitative estimate of drug-likeness (QED) is 0.908. The second-order valence-corrected chi connectivity index (χ2v) is 5.92. The smallest absolute Gasteiger partial charge is 0.231 e. The van der Waals surface area contributed by atoms with Crippen molar-refractivity contribution in [3.8, 4) is 11.5 Å². The summed E-state index contributed by atoms with van der Waals surface area (Å²) in [6.45, 7) is 5.41. The molecular formula is C14H18BrNO4. The zero-order valence-corrected chi connectivity index (χ0v) is 12.9. The van der Waals surface area contributed by atoms with Crippen LogP contribution in [0.25, 0.3) is 0 Å². The Balaban J connectivity index is 1.80. The van der Waals surface area contributed by atoms with Crippen molar-refractivity contribution in [3.05, 3.63) is 22.2 Å². The van der Waals surface area contributed by atoms with Gasteiger partial charge in [0.1, 0.15) is 0 Å². The summed E-state index contributed by atoms with van der Waals surface area (Å²) in [5, 5.41) is 10.6. The van der Waals surface area contributed by atoms with Crippen LogP contribution in [0.3, 0.4) is 0 Å². The normalized spacial score (nSPS) is 21.8. The average Bonchev–Trinajstić information content (AvgIpc) is 2.93. The highest BCUT2D eigenvalue weighted by Gasteiger charge is 2.28. The van der Waals surface area contributed by atoms with Crippen molar-refractivity contribution in [2.24, 2.45) is 0 Å². The maximum absolute atomic E-state index is 10.6. The predicted molar refractivity (Wildman–Crippen MR) is 77.1 cm³/mol. The minimum absolute atomic E-state index is 0.0237. The Kier molecular flexibility index (Phi) is 4.16. The van der Waals surface area contributed by atoms with Gasteiger partial charge >= 0.3 is 0 Å².